The molecule has 0 saturated carbocycles. The van der Waals surface area contributed by atoms with Crippen molar-refractivity contribution >= 4 is 55.0 Å². The van der Waals surface area contributed by atoms with Crippen LogP contribution in [0.5, 0.6) is 0 Å². The molecule has 0 atom stereocenters. The molecule has 210 valence electrons. The average Bonchev–Trinajstić information content (AvgIpc) is 2.88. The first kappa shape index (κ1) is 31.0. The number of carbonyl (C=O) groups is 2. The van der Waals surface area contributed by atoms with Gasteiger partial charge >= 0.3 is 18.0 Å². The lowest BCUT2D eigenvalue weighted by Gasteiger charge is -2.31. The molecule has 0 spiro atoms. The lowest BCUT2D eigenvalue weighted by atomic mass is 9.94. The van der Waals surface area contributed by atoms with E-state index < -0.39 is 61.4 Å². The van der Waals surface area contributed by atoms with Crippen molar-refractivity contribution in [1.82, 2.24) is 0 Å². The standard InChI is InChI=1S/C25H13Br2F8N3O2/c1-38(22(40)13-7-5-12(11-36)6-8-13)18-4-2-3-15(19(18)28)21(39)37-20-16(26)9-14(10-17(20)27)23(29,24(30,31)32)25(33,34)35/h2-10H,1H3,(H,37,39). The molecule has 0 aromatic heterocycles. The first-order chi connectivity index (χ1) is 18.4. The van der Waals surface area contributed by atoms with Gasteiger partial charge in [0.05, 0.1) is 28.6 Å². The Morgan fingerprint density at radius 2 is 1.43 bits per heavy atom. The quantitative estimate of drug-likeness (QED) is 0.274. The van der Waals surface area contributed by atoms with Crippen molar-refractivity contribution < 1.29 is 44.7 Å². The molecule has 3 rings (SSSR count). The molecule has 0 heterocycles. The van der Waals surface area contributed by atoms with Gasteiger partial charge in [0.1, 0.15) is 0 Å². The van der Waals surface area contributed by atoms with Crippen molar-refractivity contribution in [3.05, 3.63) is 91.6 Å². The van der Waals surface area contributed by atoms with Gasteiger partial charge in [-0.15, -0.1) is 0 Å². The van der Waals surface area contributed by atoms with Gasteiger partial charge in [-0.25, -0.2) is 8.78 Å². The second-order valence-electron chi connectivity index (χ2n) is 8.12. The van der Waals surface area contributed by atoms with Crippen LogP contribution in [0, 0.1) is 17.1 Å². The summed E-state index contributed by atoms with van der Waals surface area (Å²) in [7, 11) is 1.22. The van der Waals surface area contributed by atoms with Crippen LogP contribution in [0.1, 0.15) is 31.8 Å². The Kier molecular flexibility index (Phi) is 8.66. The van der Waals surface area contributed by atoms with E-state index in [0.717, 1.165) is 11.0 Å². The Labute approximate surface area is 237 Å². The van der Waals surface area contributed by atoms with Crippen molar-refractivity contribution in [2.24, 2.45) is 0 Å². The van der Waals surface area contributed by atoms with E-state index in [1.807, 2.05) is 6.07 Å². The van der Waals surface area contributed by atoms with Crippen molar-refractivity contribution in [2.45, 2.75) is 18.0 Å². The number of alkyl halides is 7. The van der Waals surface area contributed by atoms with Crippen LogP contribution in [0.25, 0.3) is 0 Å². The number of rotatable bonds is 5. The van der Waals surface area contributed by atoms with Gasteiger partial charge in [-0.05, 0) is 80.4 Å². The summed E-state index contributed by atoms with van der Waals surface area (Å²) in [6, 6.07) is 11.1. The molecule has 15 heteroatoms. The molecule has 2 amide bonds. The highest BCUT2D eigenvalue weighted by Gasteiger charge is 2.73. The molecule has 0 radical (unpaired) electrons. The maximum absolute atomic E-state index is 15.3. The predicted octanol–water partition coefficient (Wildman–Crippen LogP) is 8.04. The Balaban J connectivity index is 1.94. The van der Waals surface area contributed by atoms with Gasteiger partial charge in [-0.3, -0.25) is 9.59 Å². The first-order valence-electron chi connectivity index (χ1n) is 10.6. The normalized spacial score (nSPS) is 12.1. The Bertz CT molecular complexity index is 1480. The van der Waals surface area contributed by atoms with Crippen LogP contribution in [0.15, 0.2) is 63.5 Å². The monoisotopic (exact) mass is 697 g/mol. The predicted molar refractivity (Wildman–Crippen MR) is 135 cm³/mol. The van der Waals surface area contributed by atoms with Crippen molar-refractivity contribution in [3.63, 3.8) is 0 Å². The SMILES string of the molecule is CN(C(=O)c1ccc(C#N)cc1)c1cccc(C(=O)Nc2c(Br)cc(C(F)(C(F)(F)F)C(F)(F)F)cc2Br)c1F. The molecule has 3 aromatic rings. The van der Waals surface area contributed by atoms with Crippen molar-refractivity contribution in [3.8, 4) is 6.07 Å². The fraction of sp³-hybridized carbons (Fsp3) is 0.160. The van der Waals surface area contributed by atoms with E-state index in [4.69, 9.17) is 5.26 Å². The zero-order chi connectivity index (χ0) is 30.2. The first-order valence-corrected chi connectivity index (χ1v) is 12.2. The van der Waals surface area contributed by atoms with Crippen LogP contribution in [-0.2, 0) is 5.67 Å². The fourth-order valence-electron chi connectivity index (χ4n) is 3.50. The average molecular weight is 699 g/mol. The minimum absolute atomic E-state index is 0.102. The third kappa shape index (κ3) is 5.68. The second-order valence-corrected chi connectivity index (χ2v) is 9.82. The summed E-state index contributed by atoms with van der Waals surface area (Å²) in [6.07, 6.45) is -12.7. The smallest absolute Gasteiger partial charge is 0.320 e. The summed E-state index contributed by atoms with van der Waals surface area (Å²) in [6.45, 7) is 0. The van der Waals surface area contributed by atoms with Gasteiger partial charge in [0, 0.05) is 27.1 Å². The Morgan fingerprint density at radius 3 is 1.90 bits per heavy atom. The second kappa shape index (κ2) is 11.2. The summed E-state index contributed by atoms with van der Waals surface area (Å²) in [5, 5.41) is 11.0. The van der Waals surface area contributed by atoms with E-state index in [2.05, 4.69) is 37.2 Å². The molecular weight excluding hydrogens is 686 g/mol. The van der Waals surface area contributed by atoms with E-state index in [0.29, 0.717) is 0 Å². The topological polar surface area (TPSA) is 73.2 Å². The number of halogens is 10. The highest BCUT2D eigenvalue weighted by Crippen LogP contribution is 2.54. The summed E-state index contributed by atoms with van der Waals surface area (Å²) >= 11 is 5.45. The van der Waals surface area contributed by atoms with Gasteiger partial charge in [0.25, 0.3) is 11.8 Å². The number of nitrogens with one attached hydrogen (secondary N) is 1. The van der Waals surface area contributed by atoms with Gasteiger partial charge in [-0.2, -0.15) is 31.6 Å². The lowest BCUT2D eigenvalue weighted by molar-refractivity contribution is -0.348. The van der Waals surface area contributed by atoms with Gasteiger partial charge < -0.3 is 10.2 Å². The Hall–Kier alpha value is -3.51. The molecule has 0 saturated heterocycles. The Morgan fingerprint density at radius 1 is 0.900 bits per heavy atom. The van der Waals surface area contributed by atoms with E-state index in [9.17, 15) is 40.3 Å². The third-order valence-electron chi connectivity index (χ3n) is 5.61. The van der Waals surface area contributed by atoms with Crippen LogP contribution in [0.3, 0.4) is 0 Å². The highest BCUT2D eigenvalue weighted by molar-refractivity contribution is 9.11. The molecule has 0 bridgehead atoms. The number of nitriles is 1. The third-order valence-corrected chi connectivity index (χ3v) is 6.86. The fourth-order valence-corrected chi connectivity index (χ4v) is 4.89. The lowest BCUT2D eigenvalue weighted by Crippen LogP contribution is -2.50. The van der Waals surface area contributed by atoms with Crippen LogP contribution in [0.2, 0.25) is 0 Å². The molecule has 0 aliphatic rings. The molecule has 5 nitrogen and oxygen atoms in total. The van der Waals surface area contributed by atoms with E-state index in [-0.39, 0.29) is 28.9 Å². The number of benzene rings is 3. The number of nitrogens with zero attached hydrogens (tertiary/aromatic N) is 2. The molecular formula is C25H13Br2F8N3O2. The van der Waals surface area contributed by atoms with Crippen LogP contribution in [0.4, 0.5) is 46.5 Å². The summed E-state index contributed by atoms with van der Waals surface area (Å²) in [5.41, 5.74) is -8.56. The van der Waals surface area contributed by atoms with Crippen LogP contribution in [-0.4, -0.2) is 31.2 Å². The molecule has 0 aliphatic carbocycles. The van der Waals surface area contributed by atoms with E-state index >= 15 is 4.39 Å². The van der Waals surface area contributed by atoms with Crippen molar-refractivity contribution in [1.29, 1.82) is 5.26 Å². The molecule has 0 aliphatic heterocycles. The van der Waals surface area contributed by atoms with Gasteiger partial charge in [0.15, 0.2) is 5.82 Å². The molecule has 40 heavy (non-hydrogen) atoms. The minimum Gasteiger partial charge on any atom is -0.320 e. The summed E-state index contributed by atoms with van der Waals surface area (Å²) < 4.78 is 108. The maximum atomic E-state index is 15.3. The molecule has 0 fully saturated rings. The van der Waals surface area contributed by atoms with Gasteiger partial charge in [-0.1, -0.05) is 6.07 Å². The van der Waals surface area contributed by atoms with Crippen LogP contribution >= 0.6 is 31.9 Å². The minimum atomic E-state index is -6.36. The molecule has 3 aromatic carbocycles. The highest BCUT2D eigenvalue weighted by atomic mass is 79.9. The summed E-state index contributed by atoms with van der Waals surface area (Å²) in [4.78, 5) is 26.5. The van der Waals surface area contributed by atoms with Crippen molar-refractivity contribution in [2.75, 3.05) is 17.3 Å². The maximum Gasteiger partial charge on any atom is 0.435 e. The zero-order valence-corrected chi connectivity index (χ0v) is 22.9. The number of anilines is 2. The zero-order valence-electron chi connectivity index (χ0n) is 19.7. The van der Waals surface area contributed by atoms with Gasteiger partial charge in [0.2, 0.25) is 0 Å². The largest absolute Gasteiger partial charge is 0.435 e. The number of amides is 2. The number of hydrogen-bond donors (Lipinski definition) is 1. The number of carbonyl (C=O) groups excluding carboxylic acids is 2. The molecule has 0 unspecified atom stereocenters. The molecule has 1 N–H and O–H groups in total. The number of hydrogen-bond acceptors (Lipinski definition) is 3. The van der Waals surface area contributed by atoms with E-state index in [1.165, 1.54) is 43.4 Å². The van der Waals surface area contributed by atoms with Crippen LogP contribution < -0.4 is 10.2 Å². The summed E-state index contributed by atoms with van der Waals surface area (Å²) in [5.74, 6) is -3.05. The van der Waals surface area contributed by atoms with E-state index in [1.54, 1.807) is 0 Å².